The van der Waals surface area contributed by atoms with E-state index >= 15 is 0 Å². The molecule has 1 aromatic rings. The summed E-state index contributed by atoms with van der Waals surface area (Å²) < 4.78 is 0. The second kappa shape index (κ2) is 8.36. The SMILES string of the molecule is CCCCC[C@@H]1CC[C@@H](c2ccc(C(=O)[O-])cc2)C[C@@H]1CC. The molecule has 22 heavy (non-hydrogen) atoms. The number of unbranched alkanes of at least 4 members (excludes halogenated alkanes) is 2. The third-order valence-corrected chi connectivity index (χ3v) is 5.46. The van der Waals surface area contributed by atoms with Gasteiger partial charge in [0.25, 0.3) is 0 Å². The second-order valence-corrected chi connectivity index (χ2v) is 6.84. The number of hydrogen-bond acceptors (Lipinski definition) is 2. The van der Waals surface area contributed by atoms with Crippen LogP contribution in [-0.4, -0.2) is 5.97 Å². The van der Waals surface area contributed by atoms with Crippen LogP contribution in [0, 0.1) is 11.8 Å². The minimum absolute atomic E-state index is 0.282. The van der Waals surface area contributed by atoms with Crippen molar-refractivity contribution >= 4 is 5.97 Å². The molecule has 0 saturated heterocycles. The van der Waals surface area contributed by atoms with Gasteiger partial charge in [0.1, 0.15) is 0 Å². The van der Waals surface area contributed by atoms with Crippen molar-refractivity contribution < 1.29 is 9.90 Å². The third kappa shape index (κ3) is 4.34. The maximum absolute atomic E-state index is 10.8. The van der Waals surface area contributed by atoms with E-state index in [1.54, 1.807) is 12.1 Å². The average Bonchev–Trinajstić information content (AvgIpc) is 2.55. The Morgan fingerprint density at radius 2 is 1.82 bits per heavy atom. The summed E-state index contributed by atoms with van der Waals surface area (Å²) >= 11 is 0. The van der Waals surface area contributed by atoms with E-state index in [9.17, 15) is 9.90 Å². The van der Waals surface area contributed by atoms with Gasteiger partial charge in [-0.05, 0) is 48.1 Å². The molecule has 0 bridgehead atoms. The van der Waals surface area contributed by atoms with Gasteiger partial charge in [0.15, 0.2) is 0 Å². The van der Waals surface area contributed by atoms with Crippen LogP contribution in [0.5, 0.6) is 0 Å². The van der Waals surface area contributed by atoms with Crippen molar-refractivity contribution in [3.8, 4) is 0 Å². The molecule has 1 fully saturated rings. The molecular formula is C20H29O2-. The fourth-order valence-electron chi connectivity index (χ4n) is 4.06. The Morgan fingerprint density at radius 3 is 2.41 bits per heavy atom. The summed E-state index contributed by atoms with van der Waals surface area (Å²) in [7, 11) is 0. The topological polar surface area (TPSA) is 40.1 Å². The van der Waals surface area contributed by atoms with Crippen molar-refractivity contribution in [1.82, 2.24) is 0 Å². The van der Waals surface area contributed by atoms with Gasteiger partial charge in [-0.3, -0.25) is 0 Å². The van der Waals surface area contributed by atoms with Gasteiger partial charge in [0, 0.05) is 0 Å². The van der Waals surface area contributed by atoms with Crippen molar-refractivity contribution in [3.63, 3.8) is 0 Å². The van der Waals surface area contributed by atoms with E-state index in [1.165, 1.54) is 56.9 Å². The monoisotopic (exact) mass is 301 g/mol. The van der Waals surface area contributed by atoms with Crippen molar-refractivity contribution in [1.29, 1.82) is 0 Å². The summed E-state index contributed by atoms with van der Waals surface area (Å²) in [4.78, 5) is 10.8. The van der Waals surface area contributed by atoms with Gasteiger partial charge >= 0.3 is 0 Å². The Morgan fingerprint density at radius 1 is 1.09 bits per heavy atom. The van der Waals surface area contributed by atoms with Crippen molar-refractivity contribution in [2.24, 2.45) is 11.8 Å². The molecule has 0 radical (unpaired) electrons. The zero-order valence-electron chi connectivity index (χ0n) is 14.0. The van der Waals surface area contributed by atoms with Crippen LogP contribution < -0.4 is 5.11 Å². The highest BCUT2D eigenvalue weighted by Crippen LogP contribution is 2.42. The molecule has 3 atom stereocenters. The maximum Gasteiger partial charge on any atom is 0.0715 e. The lowest BCUT2D eigenvalue weighted by Gasteiger charge is -2.36. The number of carboxylic acids is 1. The summed E-state index contributed by atoms with van der Waals surface area (Å²) in [6.45, 7) is 4.59. The molecule has 1 aliphatic carbocycles. The molecule has 1 aliphatic rings. The van der Waals surface area contributed by atoms with Gasteiger partial charge in [-0.15, -0.1) is 0 Å². The maximum atomic E-state index is 10.8. The number of rotatable bonds is 7. The van der Waals surface area contributed by atoms with Crippen molar-refractivity contribution in [3.05, 3.63) is 35.4 Å². The Labute approximate surface area is 134 Å². The lowest BCUT2D eigenvalue weighted by molar-refractivity contribution is -0.255. The zero-order chi connectivity index (χ0) is 15.9. The standard InChI is InChI=1S/C20H30O2/c1-3-5-6-7-16-10-13-19(14-15(16)4-2)17-8-11-18(12-9-17)20(21)22/h8-9,11-12,15-16,19H,3-7,10,13-14H2,1-2H3,(H,21,22)/p-1/t15-,16+,19+/m0/s1. The highest BCUT2D eigenvalue weighted by molar-refractivity contribution is 5.85. The first-order valence-corrected chi connectivity index (χ1v) is 8.97. The molecule has 1 saturated carbocycles. The van der Waals surface area contributed by atoms with Gasteiger partial charge in [-0.1, -0.05) is 70.2 Å². The van der Waals surface area contributed by atoms with Crippen LogP contribution in [0.3, 0.4) is 0 Å². The highest BCUT2D eigenvalue weighted by Gasteiger charge is 2.29. The minimum atomic E-state index is -1.09. The van der Waals surface area contributed by atoms with Crippen LogP contribution >= 0.6 is 0 Å². The predicted molar refractivity (Wildman–Crippen MR) is 88.8 cm³/mol. The summed E-state index contributed by atoms with van der Waals surface area (Å²) in [5.74, 6) is 1.24. The van der Waals surface area contributed by atoms with E-state index in [2.05, 4.69) is 13.8 Å². The number of carboxylic acid groups (broad SMARTS) is 1. The molecule has 0 amide bonds. The van der Waals surface area contributed by atoms with E-state index in [4.69, 9.17) is 0 Å². The normalized spacial score (nSPS) is 25.1. The zero-order valence-corrected chi connectivity index (χ0v) is 14.0. The van der Waals surface area contributed by atoms with Gasteiger partial charge < -0.3 is 9.90 Å². The molecule has 0 aromatic heterocycles. The summed E-state index contributed by atoms with van der Waals surface area (Å²) in [6, 6.07) is 7.36. The van der Waals surface area contributed by atoms with Gasteiger partial charge in [0.05, 0.1) is 5.97 Å². The second-order valence-electron chi connectivity index (χ2n) is 6.84. The Kier molecular flexibility index (Phi) is 6.48. The average molecular weight is 301 g/mol. The Balaban J connectivity index is 1.96. The summed E-state index contributed by atoms with van der Waals surface area (Å²) in [6.07, 6.45) is 10.5. The number of hydrogen-bond donors (Lipinski definition) is 0. The smallest absolute Gasteiger partial charge is 0.0715 e. The summed E-state index contributed by atoms with van der Waals surface area (Å²) in [5, 5.41) is 10.8. The molecule has 2 nitrogen and oxygen atoms in total. The molecule has 0 N–H and O–H groups in total. The predicted octanol–water partition coefficient (Wildman–Crippen LogP) is 4.54. The first-order chi connectivity index (χ1) is 10.7. The van der Waals surface area contributed by atoms with Crippen LogP contribution in [0.15, 0.2) is 24.3 Å². The molecule has 2 heteroatoms. The van der Waals surface area contributed by atoms with E-state index in [0.29, 0.717) is 5.92 Å². The van der Waals surface area contributed by atoms with Crippen molar-refractivity contribution in [2.75, 3.05) is 0 Å². The fourth-order valence-corrected chi connectivity index (χ4v) is 4.06. The van der Waals surface area contributed by atoms with Crippen LogP contribution in [0.25, 0.3) is 0 Å². The number of carbonyl (C=O) groups is 1. The molecular weight excluding hydrogens is 272 g/mol. The molecule has 1 aromatic carbocycles. The lowest BCUT2D eigenvalue weighted by atomic mass is 9.69. The van der Waals surface area contributed by atoms with Crippen LogP contribution in [-0.2, 0) is 0 Å². The Hall–Kier alpha value is -1.31. The minimum Gasteiger partial charge on any atom is -0.545 e. The van der Waals surface area contributed by atoms with Gasteiger partial charge in [0.2, 0.25) is 0 Å². The first-order valence-electron chi connectivity index (χ1n) is 8.97. The highest BCUT2D eigenvalue weighted by atomic mass is 16.4. The van der Waals surface area contributed by atoms with Crippen LogP contribution in [0.2, 0.25) is 0 Å². The van der Waals surface area contributed by atoms with Crippen LogP contribution in [0.1, 0.15) is 87.1 Å². The van der Waals surface area contributed by atoms with E-state index in [0.717, 1.165) is 11.8 Å². The Bertz CT molecular complexity index is 463. The quantitative estimate of drug-likeness (QED) is 0.694. The van der Waals surface area contributed by atoms with E-state index in [-0.39, 0.29) is 5.56 Å². The molecule has 2 rings (SSSR count). The molecule has 122 valence electrons. The largest absolute Gasteiger partial charge is 0.545 e. The van der Waals surface area contributed by atoms with E-state index in [1.807, 2.05) is 12.1 Å². The molecule has 0 unspecified atom stereocenters. The lowest BCUT2D eigenvalue weighted by Crippen LogP contribution is -2.24. The fraction of sp³-hybridized carbons (Fsp3) is 0.650. The molecule has 0 heterocycles. The third-order valence-electron chi connectivity index (χ3n) is 5.46. The van der Waals surface area contributed by atoms with E-state index < -0.39 is 5.97 Å². The van der Waals surface area contributed by atoms with Crippen molar-refractivity contribution in [2.45, 2.75) is 71.1 Å². The molecule has 0 aliphatic heterocycles. The molecule has 0 spiro atoms. The number of benzene rings is 1. The van der Waals surface area contributed by atoms with Gasteiger partial charge in [-0.25, -0.2) is 0 Å². The van der Waals surface area contributed by atoms with Crippen LogP contribution in [0.4, 0.5) is 0 Å². The summed E-state index contributed by atoms with van der Waals surface area (Å²) in [5.41, 5.74) is 1.58. The van der Waals surface area contributed by atoms with Gasteiger partial charge in [-0.2, -0.15) is 0 Å². The number of carbonyl (C=O) groups excluding carboxylic acids is 1. The first kappa shape index (κ1) is 17.1. The number of aromatic carboxylic acids is 1.